The van der Waals surface area contributed by atoms with E-state index in [1.165, 1.54) is 0 Å². The highest BCUT2D eigenvalue weighted by Crippen LogP contribution is 2.32. The molecule has 0 spiro atoms. The number of carboxylic acid groups (broad SMARTS) is 1. The van der Waals surface area contributed by atoms with E-state index in [-0.39, 0.29) is 11.8 Å². The van der Waals surface area contributed by atoms with Gasteiger partial charge in [0.25, 0.3) is 0 Å². The van der Waals surface area contributed by atoms with Gasteiger partial charge in [-0.15, -0.1) is 0 Å². The second-order valence-corrected chi connectivity index (χ2v) is 5.05. The van der Waals surface area contributed by atoms with Crippen LogP contribution in [0.5, 0.6) is 0 Å². The lowest BCUT2D eigenvalue weighted by Gasteiger charge is -2.30. The first-order valence-electron chi connectivity index (χ1n) is 4.57. The van der Waals surface area contributed by atoms with Crippen LogP contribution in [0.25, 0.3) is 0 Å². The molecule has 0 fully saturated rings. The first-order valence-corrected chi connectivity index (χ1v) is 4.57. The molecule has 0 aromatic rings. The molecular weight excluding hydrogens is 168 g/mol. The number of hydrogen-bond acceptors (Lipinski definition) is 2. The molecule has 2 N–H and O–H groups in total. The molecule has 0 radical (unpaired) electrons. The Hall–Kier alpha value is -0.570. The molecule has 0 aliphatic carbocycles. The third-order valence-electron chi connectivity index (χ3n) is 1.93. The van der Waals surface area contributed by atoms with Crippen LogP contribution in [0.3, 0.4) is 0 Å². The maximum absolute atomic E-state index is 10.3. The highest BCUT2D eigenvalue weighted by molar-refractivity contribution is 5.66. The van der Waals surface area contributed by atoms with Crippen molar-refractivity contribution >= 4 is 5.97 Å². The monoisotopic (exact) mass is 188 g/mol. The van der Waals surface area contributed by atoms with Crippen LogP contribution in [0.2, 0.25) is 0 Å². The van der Waals surface area contributed by atoms with Crippen LogP contribution in [0.1, 0.15) is 47.0 Å². The van der Waals surface area contributed by atoms with Crippen molar-refractivity contribution in [2.75, 3.05) is 0 Å². The van der Waals surface area contributed by atoms with Gasteiger partial charge in [-0.2, -0.15) is 0 Å². The Kier molecular flexibility index (Phi) is 3.91. The van der Waals surface area contributed by atoms with Gasteiger partial charge in [0, 0.05) is 6.42 Å². The zero-order valence-electron chi connectivity index (χ0n) is 8.92. The van der Waals surface area contributed by atoms with Crippen molar-refractivity contribution in [2.45, 2.75) is 52.6 Å². The minimum atomic E-state index is -0.774. The van der Waals surface area contributed by atoms with Gasteiger partial charge >= 0.3 is 5.97 Å². The van der Waals surface area contributed by atoms with Crippen molar-refractivity contribution in [2.24, 2.45) is 5.41 Å². The summed E-state index contributed by atoms with van der Waals surface area (Å²) in [6.45, 7) is 7.45. The number of carboxylic acids is 1. The lowest BCUT2D eigenvalue weighted by Crippen LogP contribution is -2.28. The molecule has 0 atom stereocenters. The Morgan fingerprint density at radius 3 is 2.00 bits per heavy atom. The summed E-state index contributed by atoms with van der Waals surface area (Å²) < 4.78 is 0. The van der Waals surface area contributed by atoms with E-state index < -0.39 is 11.6 Å². The largest absolute Gasteiger partial charge is 0.481 e. The summed E-state index contributed by atoms with van der Waals surface area (Å²) in [4.78, 5) is 10.3. The van der Waals surface area contributed by atoms with E-state index in [1.807, 2.05) is 13.8 Å². The van der Waals surface area contributed by atoms with Crippen molar-refractivity contribution < 1.29 is 15.0 Å². The van der Waals surface area contributed by atoms with E-state index in [0.29, 0.717) is 12.8 Å². The van der Waals surface area contributed by atoms with Crippen LogP contribution in [-0.4, -0.2) is 21.8 Å². The van der Waals surface area contributed by atoms with E-state index in [9.17, 15) is 9.90 Å². The molecular formula is C10H20O3. The zero-order chi connectivity index (χ0) is 10.7. The van der Waals surface area contributed by atoms with Crippen LogP contribution in [0.15, 0.2) is 0 Å². The fourth-order valence-corrected chi connectivity index (χ4v) is 1.70. The lowest BCUT2D eigenvalue weighted by molar-refractivity contribution is -0.137. The predicted octanol–water partition coefficient (Wildman–Crippen LogP) is 2.04. The normalized spacial score (nSPS) is 13.0. The molecule has 0 unspecified atom stereocenters. The zero-order valence-corrected chi connectivity index (χ0v) is 8.92. The summed E-state index contributed by atoms with van der Waals surface area (Å²) in [5, 5.41) is 18.1. The number of carbonyl (C=O) groups is 1. The van der Waals surface area contributed by atoms with Gasteiger partial charge in [0.1, 0.15) is 0 Å². The SMILES string of the molecule is CC(C)(O)CC(C)(C)CCC(=O)O. The van der Waals surface area contributed by atoms with Gasteiger partial charge in [-0.05, 0) is 32.1 Å². The molecule has 0 heterocycles. The number of aliphatic carboxylic acids is 1. The molecule has 0 bridgehead atoms. The molecule has 0 rings (SSSR count). The van der Waals surface area contributed by atoms with E-state index in [1.54, 1.807) is 13.8 Å². The Bertz CT molecular complexity index is 177. The van der Waals surface area contributed by atoms with Crippen LogP contribution >= 0.6 is 0 Å². The number of hydrogen-bond donors (Lipinski definition) is 2. The summed E-state index contributed by atoms with van der Waals surface area (Å²) in [7, 11) is 0. The van der Waals surface area contributed by atoms with E-state index in [0.717, 1.165) is 0 Å². The Labute approximate surface area is 79.8 Å². The molecule has 0 aliphatic rings. The maximum Gasteiger partial charge on any atom is 0.303 e. The molecule has 78 valence electrons. The average Bonchev–Trinajstić information content (AvgIpc) is 1.78. The molecule has 0 aromatic carbocycles. The molecule has 0 amide bonds. The summed E-state index contributed by atoms with van der Waals surface area (Å²) >= 11 is 0. The van der Waals surface area contributed by atoms with E-state index >= 15 is 0 Å². The first kappa shape index (κ1) is 12.4. The Morgan fingerprint density at radius 1 is 1.23 bits per heavy atom. The van der Waals surface area contributed by atoms with Crippen LogP contribution in [0.4, 0.5) is 0 Å². The standard InChI is InChI=1S/C10H20O3/c1-9(2,6-5-8(11)12)7-10(3,4)13/h13H,5-7H2,1-4H3,(H,11,12). The van der Waals surface area contributed by atoms with E-state index in [2.05, 4.69) is 0 Å². The summed E-state index contributed by atoms with van der Waals surface area (Å²) in [6.07, 6.45) is 1.39. The Morgan fingerprint density at radius 2 is 1.69 bits per heavy atom. The van der Waals surface area contributed by atoms with Crippen LogP contribution < -0.4 is 0 Å². The summed E-state index contributed by atoms with van der Waals surface area (Å²) in [6, 6.07) is 0. The molecule has 3 heteroatoms. The smallest absolute Gasteiger partial charge is 0.303 e. The van der Waals surface area contributed by atoms with Gasteiger partial charge in [0.05, 0.1) is 5.60 Å². The van der Waals surface area contributed by atoms with Crippen molar-refractivity contribution in [3.8, 4) is 0 Å². The number of aliphatic hydroxyl groups is 1. The predicted molar refractivity (Wildman–Crippen MR) is 51.6 cm³/mol. The fourth-order valence-electron chi connectivity index (χ4n) is 1.70. The quantitative estimate of drug-likeness (QED) is 0.694. The Balaban J connectivity index is 4.01. The van der Waals surface area contributed by atoms with Gasteiger partial charge < -0.3 is 10.2 Å². The molecule has 0 saturated heterocycles. The minimum Gasteiger partial charge on any atom is -0.481 e. The molecule has 0 saturated carbocycles. The van der Waals surface area contributed by atoms with Crippen molar-refractivity contribution in [1.29, 1.82) is 0 Å². The van der Waals surface area contributed by atoms with Gasteiger partial charge in [0.2, 0.25) is 0 Å². The summed E-state index contributed by atoms with van der Waals surface area (Å²) in [5.41, 5.74) is -0.835. The second kappa shape index (κ2) is 4.09. The topological polar surface area (TPSA) is 57.5 Å². The number of rotatable bonds is 5. The third-order valence-corrected chi connectivity index (χ3v) is 1.93. The lowest BCUT2D eigenvalue weighted by atomic mass is 9.78. The van der Waals surface area contributed by atoms with Crippen LogP contribution in [-0.2, 0) is 4.79 Å². The van der Waals surface area contributed by atoms with Gasteiger partial charge in [-0.1, -0.05) is 13.8 Å². The highest BCUT2D eigenvalue weighted by atomic mass is 16.4. The average molecular weight is 188 g/mol. The van der Waals surface area contributed by atoms with Crippen molar-refractivity contribution in [3.05, 3.63) is 0 Å². The van der Waals surface area contributed by atoms with Crippen molar-refractivity contribution in [3.63, 3.8) is 0 Å². The molecule has 13 heavy (non-hydrogen) atoms. The van der Waals surface area contributed by atoms with E-state index in [4.69, 9.17) is 5.11 Å². The van der Waals surface area contributed by atoms with Gasteiger partial charge in [-0.3, -0.25) is 4.79 Å². The van der Waals surface area contributed by atoms with Gasteiger partial charge in [-0.25, -0.2) is 0 Å². The fraction of sp³-hybridized carbons (Fsp3) is 0.900. The molecule has 0 aromatic heterocycles. The second-order valence-electron chi connectivity index (χ2n) is 5.05. The van der Waals surface area contributed by atoms with Crippen LogP contribution in [0, 0.1) is 5.41 Å². The van der Waals surface area contributed by atoms with Gasteiger partial charge in [0.15, 0.2) is 0 Å². The molecule has 3 nitrogen and oxygen atoms in total. The maximum atomic E-state index is 10.3. The minimum absolute atomic E-state index is 0.114. The van der Waals surface area contributed by atoms with Crippen molar-refractivity contribution in [1.82, 2.24) is 0 Å². The summed E-state index contributed by atoms with van der Waals surface area (Å²) in [5.74, 6) is -0.774. The third kappa shape index (κ3) is 7.78. The molecule has 0 aliphatic heterocycles. The highest BCUT2D eigenvalue weighted by Gasteiger charge is 2.27. The first-order chi connectivity index (χ1) is 5.62.